The van der Waals surface area contributed by atoms with E-state index >= 15 is 0 Å². The van der Waals surface area contributed by atoms with Crippen LogP contribution >= 0.6 is 11.8 Å². The Morgan fingerprint density at radius 3 is 2.76 bits per heavy atom. The van der Waals surface area contributed by atoms with Gasteiger partial charge in [0.2, 0.25) is 0 Å². The minimum Gasteiger partial charge on any atom is -0.461 e. The highest BCUT2D eigenvalue weighted by Gasteiger charge is 2.32. The number of nitrogens with zero attached hydrogens (tertiary/aromatic N) is 2. The molecule has 0 atom stereocenters. The number of aromatic nitrogens is 2. The van der Waals surface area contributed by atoms with E-state index in [1.807, 2.05) is 14.0 Å². The molecule has 1 saturated carbocycles. The summed E-state index contributed by atoms with van der Waals surface area (Å²) in [6, 6.07) is 0. The summed E-state index contributed by atoms with van der Waals surface area (Å²) in [5, 5.41) is 0.938. The van der Waals surface area contributed by atoms with Crippen LogP contribution in [0.5, 0.6) is 0 Å². The summed E-state index contributed by atoms with van der Waals surface area (Å²) < 4.78 is 7.11. The van der Waals surface area contributed by atoms with Gasteiger partial charge in [0.05, 0.1) is 6.61 Å². The molecule has 0 radical (unpaired) electrons. The molecular formula is C12H18N2O2S. The van der Waals surface area contributed by atoms with Crippen molar-refractivity contribution in [1.29, 1.82) is 0 Å². The molecule has 0 unspecified atom stereocenters. The Morgan fingerprint density at radius 1 is 1.53 bits per heavy atom. The van der Waals surface area contributed by atoms with Gasteiger partial charge in [0, 0.05) is 13.0 Å². The average Bonchev–Trinajstić information content (AvgIpc) is 3.08. The van der Waals surface area contributed by atoms with Gasteiger partial charge in [-0.3, -0.25) is 0 Å². The van der Waals surface area contributed by atoms with Crippen molar-refractivity contribution in [2.24, 2.45) is 7.05 Å². The third kappa shape index (κ3) is 2.49. The first kappa shape index (κ1) is 12.5. The van der Waals surface area contributed by atoms with Crippen molar-refractivity contribution in [2.45, 2.75) is 37.6 Å². The van der Waals surface area contributed by atoms with Crippen molar-refractivity contribution in [3.63, 3.8) is 0 Å². The Labute approximate surface area is 106 Å². The van der Waals surface area contributed by atoms with E-state index < -0.39 is 0 Å². The zero-order chi connectivity index (χ0) is 12.4. The number of rotatable bonds is 5. The van der Waals surface area contributed by atoms with Crippen molar-refractivity contribution in [1.82, 2.24) is 9.55 Å². The summed E-state index contributed by atoms with van der Waals surface area (Å²) in [4.78, 5) is 16.3. The van der Waals surface area contributed by atoms with E-state index in [9.17, 15) is 4.79 Å². The summed E-state index contributed by atoms with van der Waals surface area (Å²) in [6.45, 7) is 4.28. The summed E-state index contributed by atoms with van der Waals surface area (Å²) >= 11 is 1.65. The molecule has 4 nitrogen and oxygen atoms in total. The minimum absolute atomic E-state index is 0.300. The Bertz CT molecular complexity index is 424. The maximum Gasteiger partial charge on any atom is 0.359 e. The molecule has 1 aliphatic carbocycles. The summed E-state index contributed by atoms with van der Waals surface area (Å²) in [5.74, 6) is 2.20. The van der Waals surface area contributed by atoms with Gasteiger partial charge in [0.15, 0.2) is 5.69 Å². The minimum atomic E-state index is -0.300. The fraction of sp³-hybridized carbons (Fsp3) is 0.667. The smallest absolute Gasteiger partial charge is 0.359 e. The van der Waals surface area contributed by atoms with E-state index in [4.69, 9.17) is 4.74 Å². The predicted molar refractivity (Wildman–Crippen MR) is 67.5 cm³/mol. The monoisotopic (exact) mass is 254 g/mol. The molecule has 94 valence electrons. The van der Waals surface area contributed by atoms with Gasteiger partial charge in [-0.2, -0.15) is 0 Å². The molecule has 17 heavy (non-hydrogen) atoms. The van der Waals surface area contributed by atoms with E-state index in [0.29, 0.717) is 18.2 Å². The third-order valence-electron chi connectivity index (χ3n) is 2.77. The van der Waals surface area contributed by atoms with E-state index in [2.05, 4.69) is 16.5 Å². The maximum absolute atomic E-state index is 11.8. The van der Waals surface area contributed by atoms with Crippen LogP contribution in [0.3, 0.4) is 0 Å². The van der Waals surface area contributed by atoms with E-state index in [1.165, 1.54) is 12.8 Å². The first-order chi connectivity index (χ1) is 8.19. The normalized spacial score (nSPS) is 15.0. The molecule has 1 heterocycles. The zero-order valence-electron chi connectivity index (χ0n) is 10.5. The predicted octanol–water partition coefficient (Wildman–Crippen LogP) is 2.59. The zero-order valence-corrected chi connectivity index (χ0v) is 11.3. The second kappa shape index (κ2) is 5.12. The highest BCUT2D eigenvalue weighted by molar-refractivity contribution is 7.99. The molecule has 1 aromatic heterocycles. The molecule has 0 aliphatic heterocycles. The topological polar surface area (TPSA) is 44.1 Å². The Morgan fingerprint density at radius 2 is 2.24 bits per heavy atom. The van der Waals surface area contributed by atoms with Crippen molar-refractivity contribution in [2.75, 3.05) is 12.4 Å². The molecular weight excluding hydrogens is 236 g/mol. The molecule has 0 aromatic carbocycles. The van der Waals surface area contributed by atoms with Crippen LogP contribution in [0.2, 0.25) is 0 Å². The number of carbonyl (C=O) groups is 1. The second-order valence-electron chi connectivity index (χ2n) is 4.11. The van der Waals surface area contributed by atoms with Crippen LogP contribution < -0.4 is 0 Å². The summed E-state index contributed by atoms with van der Waals surface area (Å²) in [6.07, 6.45) is 2.37. The van der Waals surface area contributed by atoms with E-state index in [1.54, 1.807) is 11.8 Å². The van der Waals surface area contributed by atoms with Crippen LogP contribution in [0, 0.1) is 0 Å². The SMILES string of the molecule is CCOC(=O)c1nc(C2CC2)n(C)c1SCC. The molecule has 1 aliphatic rings. The standard InChI is InChI=1S/C12H18N2O2S/c1-4-16-12(15)9-11(17-5-2)14(3)10(13-9)8-6-7-8/h8H,4-7H2,1-3H3. The quantitative estimate of drug-likeness (QED) is 0.598. The molecule has 5 heteroatoms. The highest BCUT2D eigenvalue weighted by atomic mass is 32.2. The number of hydrogen-bond acceptors (Lipinski definition) is 4. The van der Waals surface area contributed by atoms with Crippen molar-refractivity contribution in [3.8, 4) is 0 Å². The first-order valence-corrected chi connectivity index (χ1v) is 7.04. The lowest BCUT2D eigenvalue weighted by Gasteiger charge is -2.04. The van der Waals surface area contributed by atoms with Crippen LogP contribution in [-0.4, -0.2) is 27.9 Å². The lowest BCUT2D eigenvalue weighted by molar-refractivity contribution is 0.0515. The number of esters is 1. The number of thioether (sulfide) groups is 1. The number of carbonyl (C=O) groups excluding carboxylic acids is 1. The van der Waals surface area contributed by atoms with E-state index in [-0.39, 0.29) is 5.97 Å². The first-order valence-electron chi connectivity index (χ1n) is 6.05. The number of ether oxygens (including phenoxy) is 1. The molecule has 1 fully saturated rings. The summed E-state index contributed by atoms with van der Waals surface area (Å²) in [7, 11) is 1.99. The average molecular weight is 254 g/mol. The molecule has 2 rings (SSSR count). The van der Waals surface area contributed by atoms with Gasteiger partial charge in [0.25, 0.3) is 0 Å². The van der Waals surface area contributed by atoms with Crippen molar-refractivity contribution < 1.29 is 9.53 Å². The summed E-state index contributed by atoms with van der Waals surface area (Å²) in [5.41, 5.74) is 0.489. The second-order valence-corrected chi connectivity index (χ2v) is 5.36. The molecule has 0 amide bonds. The van der Waals surface area contributed by atoms with Crippen LogP contribution in [0.4, 0.5) is 0 Å². The third-order valence-corrected chi connectivity index (χ3v) is 3.80. The Kier molecular flexibility index (Phi) is 3.76. The molecule has 1 aromatic rings. The molecule has 0 N–H and O–H groups in total. The van der Waals surface area contributed by atoms with Gasteiger partial charge in [-0.05, 0) is 25.5 Å². The Hall–Kier alpha value is -0.970. The van der Waals surface area contributed by atoms with Crippen LogP contribution in [0.1, 0.15) is 48.9 Å². The Balaban J connectivity index is 2.34. The molecule has 0 saturated heterocycles. The number of imidazole rings is 1. The van der Waals surface area contributed by atoms with E-state index in [0.717, 1.165) is 16.6 Å². The molecule has 0 spiro atoms. The van der Waals surface area contributed by atoms with Crippen LogP contribution in [0.15, 0.2) is 5.03 Å². The van der Waals surface area contributed by atoms with Gasteiger partial charge in [-0.15, -0.1) is 11.8 Å². The van der Waals surface area contributed by atoms with Gasteiger partial charge >= 0.3 is 5.97 Å². The van der Waals surface area contributed by atoms with Crippen molar-refractivity contribution in [3.05, 3.63) is 11.5 Å². The van der Waals surface area contributed by atoms with Gasteiger partial charge in [-0.25, -0.2) is 9.78 Å². The molecule has 0 bridgehead atoms. The van der Waals surface area contributed by atoms with Gasteiger partial charge in [-0.1, -0.05) is 6.92 Å². The van der Waals surface area contributed by atoms with Crippen LogP contribution in [0.25, 0.3) is 0 Å². The fourth-order valence-corrected chi connectivity index (χ4v) is 2.67. The lowest BCUT2D eigenvalue weighted by atomic mass is 10.4. The largest absolute Gasteiger partial charge is 0.461 e. The lowest BCUT2D eigenvalue weighted by Crippen LogP contribution is -2.07. The fourth-order valence-electron chi connectivity index (χ4n) is 1.84. The highest BCUT2D eigenvalue weighted by Crippen LogP contribution is 2.41. The van der Waals surface area contributed by atoms with Gasteiger partial charge < -0.3 is 9.30 Å². The van der Waals surface area contributed by atoms with Gasteiger partial charge in [0.1, 0.15) is 10.9 Å². The van der Waals surface area contributed by atoms with Crippen LogP contribution in [-0.2, 0) is 11.8 Å². The maximum atomic E-state index is 11.8. The number of hydrogen-bond donors (Lipinski definition) is 0. The van der Waals surface area contributed by atoms with Crippen molar-refractivity contribution >= 4 is 17.7 Å².